The van der Waals surface area contributed by atoms with E-state index >= 15 is 0 Å². The van der Waals surface area contributed by atoms with Crippen molar-refractivity contribution in [2.75, 3.05) is 0 Å². The molecule has 8 heteroatoms. The van der Waals surface area contributed by atoms with Crippen molar-refractivity contribution in [2.24, 2.45) is 0 Å². The minimum atomic E-state index is -1.19. The lowest BCUT2D eigenvalue weighted by atomic mass is 10.2. The fraction of sp³-hybridized carbons (Fsp3) is 0.250. The van der Waals surface area contributed by atoms with Gasteiger partial charge in [0.2, 0.25) is 11.7 Å². The molecule has 1 aromatic carbocycles. The number of aromatic nitrogens is 2. The predicted octanol–water partition coefficient (Wildman–Crippen LogP) is 3.22. The summed E-state index contributed by atoms with van der Waals surface area (Å²) in [6.07, 6.45) is 0.606. The van der Waals surface area contributed by atoms with Gasteiger partial charge in [-0.2, -0.15) is 4.98 Å². The van der Waals surface area contributed by atoms with E-state index in [1.165, 1.54) is 12.1 Å². The number of rotatable bonds is 5. The molecule has 0 aliphatic carbocycles. The molecular weight excluding hydrogens is 307 g/mol. The number of carboxylic acids is 1. The van der Waals surface area contributed by atoms with E-state index in [0.717, 1.165) is 0 Å². The van der Waals surface area contributed by atoms with Gasteiger partial charge in [-0.05, 0) is 12.1 Å². The van der Waals surface area contributed by atoms with Gasteiger partial charge in [-0.15, -0.1) is 0 Å². The number of hydrogen-bond donors (Lipinski definition) is 1. The van der Waals surface area contributed by atoms with Gasteiger partial charge < -0.3 is 14.4 Å². The number of benzene rings is 1. The minimum Gasteiger partial charge on any atom is -0.483 e. The van der Waals surface area contributed by atoms with Crippen molar-refractivity contribution in [3.05, 3.63) is 39.5 Å². The van der Waals surface area contributed by atoms with E-state index in [4.69, 9.17) is 37.6 Å². The first kappa shape index (κ1) is 14.6. The second-order valence-corrected chi connectivity index (χ2v) is 4.66. The predicted molar refractivity (Wildman–Crippen MR) is 71.4 cm³/mol. The van der Waals surface area contributed by atoms with Gasteiger partial charge in [-0.25, -0.2) is 4.79 Å². The first-order valence-electron chi connectivity index (χ1n) is 5.67. The third kappa shape index (κ3) is 3.20. The first-order valence-corrected chi connectivity index (χ1v) is 6.43. The summed E-state index contributed by atoms with van der Waals surface area (Å²) in [5.41, 5.74) is -0.123. The van der Waals surface area contributed by atoms with Crippen LogP contribution in [0.1, 0.15) is 29.0 Å². The Labute approximate surface area is 124 Å². The summed E-state index contributed by atoms with van der Waals surface area (Å²) in [5, 5.41) is 13.1. The Hall–Kier alpha value is -1.79. The van der Waals surface area contributed by atoms with Crippen LogP contribution >= 0.6 is 23.2 Å². The molecule has 2 aromatic rings. The van der Waals surface area contributed by atoms with Crippen molar-refractivity contribution in [3.63, 3.8) is 0 Å². The molecule has 0 fully saturated rings. The molecule has 2 rings (SSSR count). The lowest BCUT2D eigenvalue weighted by Gasteiger charge is -2.09. The Bertz CT molecular complexity index is 642. The van der Waals surface area contributed by atoms with Crippen LogP contribution in [-0.2, 0) is 13.0 Å². The lowest BCUT2D eigenvalue weighted by molar-refractivity contribution is 0.0691. The van der Waals surface area contributed by atoms with Crippen molar-refractivity contribution < 1.29 is 19.2 Å². The van der Waals surface area contributed by atoms with E-state index in [2.05, 4.69) is 10.1 Å². The number of nitrogens with zero attached hydrogens (tertiary/aromatic N) is 2. The molecule has 106 valence electrons. The maximum Gasteiger partial charge on any atom is 0.339 e. The molecule has 0 aliphatic heterocycles. The Morgan fingerprint density at radius 3 is 2.80 bits per heavy atom. The Morgan fingerprint density at radius 2 is 2.20 bits per heavy atom. The lowest BCUT2D eigenvalue weighted by Crippen LogP contribution is -2.05. The average molecular weight is 317 g/mol. The molecule has 0 saturated carbocycles. The van der Waals surface area contributed by atoms with Gasteiger partial charge in [0.1, 0.15) is 5.56 Å². The fourth-order valence-corrected chi connectivity index (χ4v) is 2.04. The topological polar surface area (TPSA) is 85.5 Å². The third-order valence-electron chi connectivity index (χ3n) is 2.40. The molecule has 0 atom stereocenters. The second kappa shape index (κ2) is 6.11. The molecule has 6 nitrogen and oxygen atoms in total. The number of ether oxygens (including phenoxy) is 1. The van der Waals surface area contributed by atoms with Crippen LogP contribution in [-0.4, -0.2) is 21.2 Å². The SMILES string of the molecule is CCc1nc(COc2c(Cl)cc(Cl)cc2C(=O)O)no1. The van der Waals surface area contributed by atoms with E-state index in [1.807, 2.05) is 6.92 Å². The number of aryl methyl sites for hydroxylation is 1. The zero-order chi connectivity index (χ0) is 14.7. The molecule has 0 bridgehead atoms. The van der Waals surface area contributed by atoms with E-state index in [-0.39, 0.29) is 28.0 Å². The molecular formula is C12H10Cl2N2O4. The normalized spacial score (nSPS) is 10.6. The van der Waals surface area contributed by atoms with Crippen LogP contribution in [0.3, 0.4) is 0 Å². The van der Waals surface area contributed by atoms with Gasteiger partial charge in [0.05, 0.1) is 5.02 Å². The maximum atomic E-state index is 11.1. The number of hydrogen-bond acceptors (Lipinski definition) is 5. The highest BCUT2D eigenvalue weighted by Crippen LogP contribution is 2.32. The Kier molecular flexibility index (Phi) is 4.46. The fourth-order valence-electron chi connectivity index (χ4n) is 1.50. The summed E-state index contributed by atoms with van der Waals surface area (Å²) in [4.78, 5) is 15.2. The molecule has 0 spiro atoms. The second-order valence-electron chi connectivity index (χ2n) is 3.82. The maximum absolute atomic E-state index is 11.1. The van der Waals surface area contributed by atoms with Gasteiger partial charge in [0.25, 0.3) is 0 Å². The standard InChI is InChI=1S/C12H10Cl2N2O4/c1-2-10-15-9(16-20-10)5-19-11-7(12(17)18)3-6(13)4-8(11)14/h3-4H,2,5H2,1H3,(H,17,18). The number of carboxylic acid groups (broad SMARTS) is 1. The zero-order valence-corrected chi connectivity index (χ0v) is 11.9. The molecule has 1 N–H and O–H groups in total. The van der Waals surface area contributed by atoms with E-state index in [0.29, 0.717) is 18.1 Å². The van der Waals surface area contributed by atoms with Gasteiger partial charge in [-0.1, -0.05) is 35.3 Å². The highest BCUT2D eigenvalue weighted by molar-refractivity contribution is 6.36. The third-order valence-corrected chi connectivity index (χ3v) is 2.90. The van der Waals surface area contributed by atoms with Gasteiger partial charge >= 0.3 is 5.97 Å². The van der Waals surface area contributed by atoms with Crippen molar-refractivity contribution in [1.29, 1.82) is 0 Å². The Morgan fingerprint density at radius 1 is 1.45 bits per heavy atom. The first-order chi connectivity index (χ1) is 9.51. The summed E-state index contributed by atoms with van der Waals surface area (Å²) >= 11 is 11.7. The van der Waals surface area contributed by atoms with E-state index in [9.17, 15) is 4.79 Å². The van der Waals surface area contributed by atoms with Crippen LogP contribution < -0.4 is 4.74 Å². The number of aromatic carboxylic acids is 1. The van der Waals surface area contributed by atoms with Crippen LogP contribution in [0.4, 0.5) is 0 Å². The highest BCUT2D eigenvalue weighted by atomic mass is 35.5. The molecule has 0 saturated heterocycles. The summed E-state index contributed by atoms with van der Waals surface area (Å²) in [7, 11) is 0. The molecule has 0 unspecified atom stereocenters. The highest BCUT2D eigenvalue weighted by Gasteiger charge is 2.17. The number of halogens is 2. The summed E-state index contributed by atoms with van der Waals surface area (Å²) in [6, 6.07) is 2.66. The summed E-state index contributed by atoms with van der Waals surface area (Å²) in [5.74, 6) is -0.383. The van der Waals surface area contributed by atoms with Crippen molar-refractivity contribution in [1.82, 2.24) is 10.1 Å². The minimum absolute atomic E-state index is 0.0198. The van der Waals surface area contributed by atoms with Crippen LogP contribution in [0, 0.1) is 0 Å². The molecule has 0 aliphatic rings. The molecule has 0 amide bonds. The van der Waals surface area contributed by atoms with Gasteiger partial charge in [0.15, 0.2) is 12.4 Å². The van der Waals surface area contributed by atoms with Crippen molar-refractivity contribution in [3.8, 4) is 5.75 Å². The van der Waals surface area contributed by atoms with Crippen LogP contribution in [0.2, 0.25) is 10.0 Å². The molecule has 1 aromatic heterocycles. The zero-order valence-electron chi connectivity index (χ0n) is 10.4. The molecule has 0 radical (unpaired) electrons. The van der Waals surface area contributed by atoms with Crippen molar-refractivity contribution in [2.45, 2.75) is 20.0 Å². The average Bonchev–Trinajstić information content (AvgIpc) is 2.84. The van der Waals surface area contributed by atoms with Crippen molar-refractivity contribution >= 4 is 29.2 Å². The smallest absolute Gasteiger partial charge is 0.339 e. The summed E-state index contributed by atoms with van der Waals surface area (Å²) in [6.45, 7) is 1.82. The van der Waals surface area contributed by atoms with Gasteiger partial charge in [0, 0.05) is 11.4 Å². The van der Waals surface area contributed by atoms with Crippen LogP contribution in [0.5, 0.6) is 5.75 Å². The van der Waals surface area contributed by atoms with Crippen LogP contribution in [0.15, 0.2) is 16.7 Å². The largest absolute Gasteiger partial charge is 0.483 e. The Balaban J connectivity index is 2.22. The monoisotopic (exact) mass is 316 g/mol. The molecule has 1 heterocycles. The van der Waals surface area contributed by atoms with E-state index in [1.54, 1.807) is 0 Å². The van der Waals surface area contributed by atoms with E-state index < -0.39 is 5.97 Å². The summed E-state index contributed by atoms with van der Waals surface area (Å²) < 4.78 is 10.3. The molecule has 20 heavy (non-hydrogen) atoms. The van der Waals surface area contributed by atoms with Gasteiger partial charge in [-0.3, -0.25) is 0 Å². The number of carbonyl (C=O) groups is 1. The van der Waals surface area contributed by atoms with Crippen LogP contribution in [0.25, 0.3) is 0 Å². The quantitative estimate of drug-likeness (QED) is 0.911.